The van der Waals surface area contributed by atoms with Gasteiger partial charge < -0.3 is 19.9 Å². The van der Waals surface area contributed by atoms with Crippen LogP contribution >= 0.6 is 0 Å². The third kappa shape index (κ3) is 3.51. The largest absolute Gasteiger partial charge is 0.376 e. The number of para-hydroxylation sites is 1. The Labute approximate surface area is 147 Å². The molecule has 0 spiro atoms. The van der Waals surface area contributed by atoms with Crippen LogP contribution in [0.4, 0.5) is 11.8 Å². The van der Waals surface area contributed by atoms with E-state index < -0.39 is 0 Å². The van der Waals surface area contributed by atoms with Gasteiger partial charge in [-0.25, -0.2) is 4.98 Å². The van der Waals surface area contributed by atoms with E-state index in [1.807, 2.05) is 24.3 Å². The van der Waals surface area contributed by atoms with Crippen LogP contribution in [0, 0.1) is 0 Å². The highest BCUT2D eigenvalue weighted by Gasteiger charge is 2.20. The highest BCUT2D eigenvalue weighted by atomic mass is 16.5. The molecule has 2 aromatic rings. The number of nitrogens with one attached hydrogen (secondary N) is 1. The summed E-state index contributed by atoms with van der Waals surface area (Å²) in [5.74, 6) is 1.58. The quantitative estimate of drug-likeness (QED) is 0.831. The summed E-state index contributed by atoms with van der Waals surface area (Å²) in [6, 6.07) is 8.06. The van der Waals surface area contributed by atoms with Crippen molar-refractivity contribution in [2.45, 2.75) is 18.9 Å². The van der Waals surface area contributed by atoms with Gasteiger partial charge in [0.25, 0.3) is 0 Å². The second-order valence-electron chi connectivity index (χ2n) is 6.53. The first-order chi connectivity index (χ1) is 12.3. The van der Waals surface area contributed by atoms with Gasteiger partial charge in [0.05, 0.1) is 11.6 Å². The van der Waals surface area contributed by atoms with E-state index in [0.717, 1.165) is 68.2 Å². The zero-order valence-corrected chi connectivity index (χ0v) is 14.2. The standard InChI is InChI=1S/C18H23N5O2/c24-13-22-7-9-23(10-8-22)18-20-16-6-2-1-5-15(16)17(21-18)19-12-14-4-3-11-25-14/h1-2,5-6,13-14H,3-4,7-12H2,(H,19,20,21)/t14-/m1/s1. The molecule has 7 nitrogen and oxygen atoms in total. The van der Waals surface area contributed by atoms with Gasteiger partial charge >= 0.3 is 0 Å². The van der Waals surface area contributed by atoms with Crippen molar-refractivity contribution in [1.82, 2.24) is 14.9 Å². The van der Waals surface area contributed by atoms with Crippen LogP contribution in [-0.4, -0.2) is 66.7 Å². The van der Waals surface area contributed by atoms with Crippen molar-refractivity contribution in [3.63, 3.8) is 0 Å². The Hall–Kier alpha value is -2.41. The lowest BCUT2D eigenvalue weighted by atomic mass is 10.2. The summed E-state index contributed by atoms with van der Waals surface area (Å²) in [6.45, 7) is 4.53. The minimum atomic E-state index is 0.258. The van der Waals surface area contributed by atoms with Crippen LogP contribution in [0.15, 0.2) is 24.3 Å². The molecule has 2 aliphatic rings. The normalized spacial score (nSPS) is 20.9. The fraction of sp³-hybridized carbons (Fsp3) is 0.500. The van der Waals surface area contributed by atoms with Crippen molar-refractivity contribution >= 4 is 29.1 Å². The van der Waals surface area contributed by atoms with Gasteiger partial charge in [0, 0.05) is 44.7 Å². The molecule has 0 saturated carbocycles. The number of nitrogens with zero attached hydrogens (tertiary/aromatic N) is 4. The average molecular weight is 341 g/mol. The average Bonchev–Trinajstić information content (AvgIpc) is 3.19. The SMILES string of the molecule is O=CN1CCN(c2nc(NC[C@H]3CCCO3)c3ccccc3n2)CC1. The number of carbonyl (C=O) groups excluding carboxylic acids is 1. The molecule has 0 bridgehead atoms. The third-order valence-electron chi connectivity index (χ3n) is 4.86. The maximum Gasteiger partial charge on any atom is 0.228 e. The van der Waals surface area contributed by atoms with E-state index in [1.54, 1.807) is 4.90 Å². The number of hydrogen-bond donors (Lipinski definition) is 1. The highest BCUT2D eigenvalue weighted by Crippen LogP contribution is 2.24. The number of piperazine rings is 1. The molecule has 2 fully saturated rings. The first-order valence-corrected chi connectivity index (χ1v) is 8.90. The van der Waals surface area contributed by atoms with E-state index >= 15 is 0 Å². The maximum absolute atomic E-state index is 10.9. The van der Waals surface area contributed by atoms with E-state index in [1.165, 1.54) is 0 Å². The van der Waals surface area contributed by atoms with Gasteiger partial charge in [0.1, 0.15) is 5.82 Å². The van der Waals surface area contributed by atoms with Crippen LogP contribution in [0.1, 0.15) is 12.8 Å². The summed E-state index contributed by atoms with van der Waals surface area (Å²) in [7, 11) is 0. The summed E-state index contributed by atoms with van der Waals surface area (Å²) in [5.41, 5.74) is 0.931. The lowest BCUT2D eigenvalue weighted by Gasteiger charge is -2.32. The topological polar surface area (TPSA) is 70.6 Å². The second-order valence-corrected chi connectivity index (χ2v) is 6.53. The number of rotatable bonds is 5. The van der Waals surface area contributed by atoms with Crippen molar-refractivity contribution < 1.29 is 9.53 Å². The van der Waals surface area contributed by atoms with Crippen LogP contribution in [0.2, 0.25) is 0 Å². The molecule has 1 N–H and O–H groups in total. The molecule has 25 heavy (non-hydrogen) atoms. The fourth-order valence-electron chi connectivity index (χ4n) is 3.38. The molecule has 0 radical (unpaired) electrons. The van der Waals surface area contributed by atoms with Crippen molar-refractivity contribution in [1.29, 1.82) is 0 Å². The Kier molecular flexibility index (Phi) is 4.65. The molecule has 2 saturated heterocycles. The summed E-state index contributed by atoms with van der Waals surface area (Å²) in [4.78, 5) is 24.3. The van der Waals surface area contributed by atoms with Gasteiger partial charge in [-0.2, -0.15) is 4.98 Å². The molecule has 1 atom stereocenters. The number of amides is 1. The maximum atomic E-state index is 10.9. The Morgan fingerprint density at radius 2 is 2.04 bits per heavy atom. The minimum Gasteiger partial charge on any atom is -0.376 e. The Morgan fingerprint density at radius 1 is 1.20 bits per heavy atom. The first kappa shape index (κ1) is 16.1. The van der Waals surface area contributed by atoms with Crippen LogP contribution < -0.4 is 10.2 Å². The van der Waals surface area contributed by atoms with Crippen molar-refractivity contribution in [2.75, 3.05) is 49.5 Å². The minimum absolute atomic E-state index is 0.258. The molecule has 1 aromatic heterocycles. The van der Waals surface area contributed by atoms with E-state index in [0.29, 0.717) is 13.1 Å². The summed E-state index contributed by atoms with van der Waals surface area (Å²) < 4.78 is 5.70. The van der Waals surface area contributed by atoms with Crippen molar-refractivity contribution in [2.24, 2.45) is 0 Å². The molecule has 0 unspecified atom stereocenters. The van der Waals surface area contributed by atoms with Crippen molar-refractivity contribution in [3.8, 4) is 0 Å². The Bertz CT molecular complexity index is 739. The van der Waals surface area contributed by atoms with Crippen LogP contribution in [0.25, 0.3) is 10.9 Å². The van der Waals surface area contributed by atoms with Gasteiger partial charge in [-0.15, -0.1) is 0 Å². The monoisotopic (exact) mass is 341 g/mol. The number of hydrogen-bond acceptors (Lipinski definition) is 6. The summed E-state index contributed by atoms with van der Waals surface area (Å²) in [6.07, 6.45) is 3.39. The number of aromatic nitrogens is 2. The van der Waals surface area contributed by atoms with E-state index in [-0.39, 0.29) is 6.10 Å². The van der Waals surface area contributed by atoms with Gasteiger partial charge in [0.15, 0.2) is 0 Å². The zero-order chi connectivity index (χ0) is 17.1. The molecule has 132 valence electrons. The molecular formula is C18H23N5O2. The van der Waals surface area contributed by atoms with Crippen LogP contribution in [0.5, 0.6) is 0 Å². The van der Waals surface area contributed by atoms with Crippen LogP contribution in [-0.2, 0) is 9.53 Å². The van der Waals surface area contributed by atoms with Gasteiger partial charge in [0.2, 0.25) is 12.4 Å². The number of carbonyl (C=O) groups is 1. The van der Waals surface area contributed by atoms with E-state index in [4.69, 9.17) is 14.7 Å². The molecule has 1 aromatic carbocycles. The molecule has 0 aliphatic carbocycles. The predicted octanol–water partition coefficient (Wildman–Crippen LogP) is 1.50. The number of benzene rings is 1. The number of ether oxygens (including phenoxy) is 1. The fourth-order valence-corrected chi connectivity index (χ4v) is 3.38. The molecule has 2 aliphatic heterocycles. The lowest BCUT2D eigenvalue weighted by molar-refractivity contribution is -0.118. The number of anilines is 2. The third-order valence-corrected chi connectivity index (χ3v) is 4.86. The van der Waals surface area contributed by atoms with E-state index in [2.05, 4.69) is 10.2 Å². The molecule has 1 amide bonds. The van der Waals surface area contributed by atoms with Gasteiger partial charge in [-0.05, 0) is 25.0 Å². The molecule has 3 heterocycles. The van der Waals surface area contributed by atoms with Gasteiger partial charge in [-0.3, -0.25) is 4.79 Å². The van der Waals surface area contributed by atoms with E-state index in [9.17, 15) is 4.79 Å². The van der Waals surface area contributed by atoms with Crippen LogP contribution in [0.3, 0.4) is 0 Å². The number of fused-ring (bicyclic) bond motifs is 1. The Morgan fingerprint density at radius 3 is 2.80 bits per heavy atom. The predicted molar refractivity (Wildman–Crippen MR) is 96.9 cm³/mol. The lowest BCUT2D eigenvalue weighted by Crippen LogP contribution is -2.46. The van der Waals surface area contributed by atoms with Gasteiger partial charge in [-0.1, -0.05) is 12.1 Å². The first-order valence-electron chi connectivity index (χ1n) is 8.90. The molecular weight excluding hydrogens is 318 g/mol. The second kappa shape index (κ2) is 7.23. The summed E-state index contributed by atoms with van der Waals surface area (Å²) >= 11 is 0. The zero-order valence-electron chi connectivity index (χ0n) is 14.2. The van der Waals surface area contributed by atoms with Crippen molar-refractivity contribution in [3.05, 3.63) is 24.3 Å². The Balaban J connectivity index is 1.58. The molecule has 7 heteroatoms. The molecule has 4 rings (SSSR count). The summed E-state index contributed by atoms with van der Waals surface area (Å²) in [5, 5.41) is 4.48. The smallest absolute Gasteiger partial charge is 0.228 e. The highest BCUT2D eigenvalue weighted by molar-refractivity contribution is 5.90.